The highest BCUT2D eigenvalue weighted by molar-refractivity contribution is 5.49. The lowest BCUT2D eigenvalue weighted by Crippen LogP contribution is -2.32. The molecule has 0 aliphatic rings. The molecule has 1 aromatic rings. The predicted octanol–water partition coefficient (Wildman–Crippen LogP) is 2.54. The summed E-state index contributed by atoms with van der Waals surface area (Å²) in [4.78, 5) is 6.48. The van der Waals surface area contributed by atoms with Crippen LogP contribution in [0.4, 0.5) is 5.82 Å². The molecule has 3 heteroatoms. The van der Waals surface area contributed by atoms with Crippen molar-refractivity contribution in [1.29, 1.82) is 0 Å². The fourth-order valence-electron chi connectivity index (χ4n) is 1.66. The average molecular weight is 220 g/mol. The van der Waals surface area contributed by atoms with E-state index in [9.17, 15) is 5.11 Å². The summed E-state index contributed by atoms with van der Waals surface area (Å²) in [6, 6.07) is 4.08. The van der Waals surface area contributed by atoms with Gasteiger partial charge in [0.2, 0.25) is 0 Å². The molecule has 0 aliphatic carbocycles. The van der Waals surface area contributed by atoms with Crippen molar-refractivity contribution in [2.24, 2.45) is 0 Å². The van der Waals surface area contributed by atoms with Crippen molar-refractivity contribution >= 4 is 5.82 Å². The van der Waals surface area contributed by atoms with E-state index in [0.717, 1.165) is 17.9 Å². The van der Waals surface area contributed by atoms with Gasteiger partial charge in [0.1, 0.15) is 5.82 Å². The van der Waals surface area contributed by atoms with Gasteiger partial charge >= 0.3 is 0 Å². The Labute approximate surface area is 97.4 Å². The molecule has 1 rings (SSSR count). The van der Waals surface area contributed by atoms with E-state index in [2.05, 4.69) is 30.3 Å². The Bertz CT molecular complexity index is 348. The topological polar surface area (TPSA) is 36.4 Å². The van der Waals surface area contributed by atoms with Crippen LogP contribution in [0.25, 0.3) is 0 Å². The van der Waals surface area contributed by atoms with E-state index in [4.69, 9.17) is 0 Å². The Hall–Kier alpha value is -1.35. The molecule has 88 valence electrons. The van der Waals surface area contributed by atoms with Crippen LogP contribution in [-0.2, 0) is 0 Å². The van der Waals surface area contributed by atoms with Crippen LogP contribution in [0.2, 0.25) is 0 Å². The summed E-state index contributed by atoms with van der Waals surface area (Å²) in [5, 5.41) is 9.71. The number of nitrogens with zero attached hydrogens (tertiary/aromatic N) is 2. The molecule has 0 radical (unpaired) electrons. The Morgan fingerprint density at radius 1 is 1.50 bits per heavy atom. The lowest BCUT2D eigenvalue weighted by molar-refractivity contribution is 0.199. The summed E-state index contributed by atoms with van der Waals surface area (Å²) >= 11 is 0. The average Bonchev–Trinajstić information content (AvgIpc) is 2.25. The number of anilines is 1. The molecule has 1 heterocycles. The Kier molecular flexibility index (Phi) is 4.50. The molecule has 0 saturated heterocycles. The smallest absolute Gasteiger partial charge is 0.134 e. The van der Waals surface area contributed by atoms with Crippen LogP contribution in [0.1, 0.15) is 32.4 Å². The number of hydrogen-bond donors (Lipinski definition) is 1. The van der Waals surface area contributed by atoms with Crippen molar-refractivity contribution in [2.75, 3.05) is 11.4 Å². The number of aliphatic hydroxyl groups is 1. The number of pyridine rings is 1. The molecule has 0 unspecified atom stereocenters. The van der Waals surface area contributed by atoms with Crippen molar-refractivity contribution in [2.45, 2.75) is 32.9 Å². The van der Waals surface area contributed by atoms with E-state index in [1.165, 1.54) is 0 Å². The molecular formula is C13H20N2O. The lowest BCUT2D eigenvalue weighted by Gasteiger charge is -2.29. The molecule has 0 saturated carbocycles. The van der Waals surface area contributed by atoms with Crippen molar-refractivity contribution in [3.05, 3.63) is 36.5 Å². The Morgan fingerprint density at radius 2 is 2.19 bits per heavy atom. The van der Waals surface area contributed by atoms with E-state index in [1.54, 1.807) is 13.1 Å². The van der Waals surface area contributed by atoms with Gasteiger partial charge < -0.3 is 10.0 Å². The zero-order valence-electron chi connectivity index (χ0n) is 10.2. The molecular weight excluding hydrogens is 200 g/mol. The van der Waals surface area contributed by atoms with Crippen LogP contribution in [0.15, 0.2) is 31.0 Å². The quantitative estimate of drug-likeness (QED) is 0.775. The van der Waals surface area contributed by atoms with Gasteiger partial charge in [0.05, 0.1) is 6.10 Å². The minimum absolute atomic E-state index is 0.324. The van der Waals surface area contributed by atoms with Crippen molar-refractivity contribution in [3.63, 3.8) is 0 Å². The maximum absolute atomic E-state index is 9.71. The van der Waals surface area contributed by atoms with E-state index < -0.39 is 6.10 Å². The van der Waals surface area contributed by atoms with Gasteiger partial charge in [-0.15, -0.1) is 6.58 Å². The molecule has 1 atom stereocenters. The van der Waals surface area contributed by atoms with Gasteiger partial charge in [-0.05, 0) is 26.8 Å². The molecule has 1 N–H and O–H groups in total. The third-order valence-electron chi connectivity index (χ3n) is 2.49. The first-order valence-electron chi connectivity index (χ1n) is 5.58. The number of aromatic nitrogens is 1. The van der Waals surface area contributed by atoms with Crippen molar-refractivity contribution in [3.8, 4) is 0 Å². The molecule has 0 fully saturated rings. The van der Waals surface area contributed by atoms with E-state index in [-0.39, 0.29) is 0 Å². The maximum atomic E-state index is 9.71. The van der Waals surface area contributed by atoms with E-state index in [0.29, 0.717) is 6.04 Å². The number of hydrogen-bond acceptors (Lipinski definition) is 3. The summed E-state index contributed by atoms with van der Waals surface area (Å²) in [5.41, 5.74) is 0.859. The summed E-state index contributed by atoms with van der Waals surface area (Å²) in [6.45, 7) is 10.4. The molecule has 0 aromatic carbocycles. The van der Waals surface area contributed by atoms with E-state index in [1.807, 2.05) is 18.2 Å². The standard InChI is InChI=1S/C13H20N2O/c1-5-9-15(10(2)3)13-12(11(4)16)7-6-8-14-13/h5-8,10-11,16H,1,9H2,2-4H3/t11-/m0/s1. The van der Waals surface area contributed by atoms with Crippen LogP contribution >= 0.6 is 0 Å². The van der Waals surface area contributed by atoms with Crippen molar-refractivity contribution in [1.82, 2.24) is 4.98 Å². The predicted molar refractivity (Wildman–Crippen MR) is 67.5 cm³/mol. The SMILES string of the molecule is C=CCN(c1ncccc1[C@H](C)O)C(C)C. The largest absolute Gasteiger partial charge is 0.389 e. The zero-order chi connectivity index (χ0) is 12.1. The monoisotopic (exact) mass is 220 g/mol. The fourth-order valence-corrected chi connectivity index (χ4v) is 1.66. The third kappa shape index (κ3) is 2.83. The third-order valence-corrected chi connectivity index (χ3v) is 2.49. The second-order valence-electron chi connectivity index (χ2n) is 4.13. The fraction of sp³-hybridized carbons (Fsp3) is 0.462. The first-order valence-corrected chi connectivity index (χ1v) is 5.58. The van der Waals surface area contributed by atoms with Crippen molar-refractivity contribution < 1.29 is 5.11 Å². The molecule has 1 aromatic heterocycles. The van der Waals surface area contributed by atoms with Crippen LogP contribution in [0, 0.1) is 0 Å². The van der Waals surface area contributed by atoms with Crippen LogP contribution in [0.5, 0.6) is 0 Å². The Balaban J connectivity index is 3.12. The van der Waals surface area contributed by atoms with Crippen LogP contribution in [-0.4, -0.2) is 22.7 Å². The second-order valence-corrected chi connectivity index (χ2v) is 4.13. The van der Waals surface area contributed by atoms with Crippen LogP contribution < -0.4 is 4.90 Å². The second kappa shape index (κ2) is 5.66. The number of aliphatic hydroxyl groups excluding tert-OH is 1. The van der Waals surface area contributed by atoms with Crippen LogP contribution in [0.3, 0.4) is 0 Å². The maximum Gasteiger partial charge on any atom is 0.134 e. The molecule has 16 heavy (non-hydrogen) atoms. The summed E-state index contributed by atoms with van der Waals surface area (Å²) in [5.74, 6) is 0.840. The van der Waals surface area contributed by atoms with Gasteiger partial charge in [0.25, 0.3) is 0 Å². The minimum Gasteiger partial charge on any atom is -0.389 e. The first-order chi connectivity index (χ1) is 7.57. The van der Waals surface area contributed by atoms with Gasteiger partial charge in [-0.3, -0.25) is 0 Å². The van der Waals surface area contributed by atoms with Gasteiger partial charge in [0, 0.05) is 24.3 Å². The highest BCUT2D eigenvalue weighted by Gasteiger charge is 2.16. The Morgan fingerprint density at radius 3 is 2.69 bits per heavy atom. The summed E-state index contributed by atoms with van der Waals surface area (Å²) in [7, 11) is 0. The molecule has 0 aliphatic heterocycles. The van der Waals surface area contributed by atoms with Gasteiger partial charge in [-0.25, -0.2) is 4.98 Å². The minimum atomic E-state index is -0.505. The molecule has 3 nitrogen and oxygen atoms in total. The van der Waals surface area contributed by atoms with Gasteiger partial charge in [-0.2, -0.15) is 0 Å². The normalized spacial score (nSPS) is 12.6. The molecule has 0 amide bonds. The van der Waals surface area contributed by atoms with Gasteiger partial charge in [0.15, 0.2) is 0 Å². The first kappa shape index (κ1) is 12.7. The summed E-state index contributed by atoms with van der Waals surface area (Å²) in [6.07, 6.45) is 3.09. The zero-order valence-corrected chi connectivity index (χ0v) is 10.2. The number of rotatable bonds is 5. The molecule has 0 bridgehead atoms. The van der Waals surface area contributed by atoms with Gasteiger partial charge in [-0.1, -0.05) is 12.1 Å². The van der Waals surface area contributed by atoms with E-state index >= 15 is 0 Å². The lowest BCUT2D eigenvalue weighted by atomic mass is 10.1. The highest BCUT2D eigenvalue weighted by atomic mass is 16.3. The molecule has 0 spiro atoms. The summed E-state index contributed by atoms with van der Waals surface area (Å²) < 4.78 is 0. The highest BCUT2D eigenvalue weighted by Crippen LogP contribution is 2.24.